The van der Waals surface area contributed by atoms with Gasteiger partial charge in [0.2, 0.25) is 11.1 Å². The van der Waals surface area contributed by atoms with E-state index >= 15 is 0 Å². The number of aromatic amines is 1. The summed E-state index contributed by atoms with van der Waals surface area (Å²) in [5, 5.41) is 11.5. The molecule has 2 unspecified atom stereocenters. The van der Waals surface area contributed by atoms with Gasteiger partial charge in [-0.2, -0.15) is 0 Å². The van der Waals surface area contributed by atoms with E-state index < -0.39 is 5.54 Å². The monoisotopic (exact) mass is 281 g/mol. The number of rotatable bonds is 5. The van der Waals surface area contributed by atoms with Crippen LogP contribution < -0.4 is 11.1 Å². The van der Waals surface area contributed by atoms with Crippen LogP contribution in [0.25, 0.3) is 0 Å². The third-order valence-corrected chi connectivity index (χ3v) is 4.98. The second kappa shape index (κ2) is 4.79. The van der Waals surface area contributed by atoms with E-state index in [9.17, 15) is 4.79 Å². The van der Waals surface area contributed by atoms with Crippen molar-refractivity contribution in [3.8, 4) is 0 Å². The third-order valence-electron chi connectivity index (χ3n) is 3.85. The number of amides is 1. The van der Waals surface area contributed by atoms with Gasteiger partial charge in [-0.3, -0.25) is 9.89 Å². The topological polar surface area (TPSA) is 96.7 Å². The molecule has 0 aliphatic heterocycles. The Labute approximate surface area is 116 Å². The molecule has 0 saturated heterocycles. The van der Waals surface area contributed by atoms with Crippen LogP contribution in [0, 0.1) is 6.92 Å². The molecular weight excluding hydrogens is 262 g/mol. The second-order valence-corrected chi connectivity index (χ2v) is 6.82. The van der Waals surface area contributed by atoms with E-state index in [0.717, 1.165) is 43.1 Å². The Balaban J connectivity index is 1.65. The van der Waals surface area contributed by atoms with E-state index in [2.05, 4.69) is 20.5 Å². The highest BCUT2D eigenvalue weighted by atomic mass is 32.2. The lowest BCUT2D eigenvalue weighted by Crippen LogP contribution is -2.54. The first-order valence-corrected chi connectivity index (χ1v) is 7.59. The minimum Gasteiger partial charge on any atom is -0.368 e. The van der Waals surface area contributed by atoms with E-state index in [0.29, 0.717) is 11.3 Å². The summed E-state index contributed by atoms with van der Waals surface area (Å²) in [5.41, 5.74) is 5.11. The average molecular weight is 281 g/mol. The number of nitrogens with two attached hydrogens (primary N) is 1. The summed E-state index contributed by atoms with van der Waals surface area (Å²) in [4.78, 5) is 16.1. The van der Waals surface area contributed by atoms with E-state index in [4.69, 9.17) is 5.73 Å². The highest BCUT2D eigenvalue weighted by molar-refractivity contribution is 7.99. The van der Waals surface area contributed by atoms with E-state index in [1.54, 1.807) is 11.8 Å². The summed E-state index contributed by atoms with van der Waals surface area (Å²) in [6.45, 7) is 1.88. The van der Waals surface area contributed by atoms with Gasteiger partial charge in [0.15, 0.2) is 0 Å². The summed E-state index contributed by atoms with van der Waals surface area (Å²) in [5.74, 6) is 0.603. The Bertz CT molecular complexity index is 486. The van der Waals surface area contributed by atoms with E-state index in [1.165, 1.54) is 0 Å². The van der Waals surface area contributed by atoms with Gasteiger partial charge in [-0.15, -0.1) is 5.10 Å². The minimum atomic E-state index is -0.510. The largest absolute Gasteiger partial charge is 0.368 e. The lowest BCUT2D eigenvalue weighted by molar-refractivity contribution is -0.124. The molecular formula is C12H19N5OS. The van der Waals surface area contributed by atoms with Crippen molar-refractivity contribution in [2.24, 2.45) is 5.73 Å². The van der Waals surface area contributed by atoms with Gasteiger partial charge in [-0.25, -0.2) is 4.98 Å². The number of aryl methyl sites for hydroxylation is 1. The Morgan fingerprint density at radius 2 is 2.32 bits per heavy atom. The number of hydrogen-bond acceptors (Lipinski definition) is 5. The summed E-state index contributed by atoms with van der Waals surface area (Å²) in [6, 6.07) is 0.488. The van der Waals surface area contributed by atoms with Gasteiger partial charge in [0.25, 0.3) is 0 Å². The molecule has 2 saturated carbocycles. The Morgan fingerprint density at radius 1 is 1.53 bits per heavy atom. The maximum absolute atomic E-state index is 11.8. The molecule has 0 radical (unpaired) electrons. The highest BCUT2D eigenvalue weighted by Gasteiger charge is 2.47. The molecule has 4 N–H and O–H groups in total. The molecule has 6 nitrogen and oxygen atoms in total. The van der Waals surface area contributed by atoms with Crippen molar-refractivity contribution >= 4 is 17.7 Å². The van der Waals surface area contributed by atoms with Crippen LogP contribution in [0.4, 0.5) is 0 Å². The van der Waals surface area contributed by atoms with Gasteiger partial charge in [0.1, 0.15) is 5.82 Å². The van der Waals surface area contributed by atoms with Crippen molar-refractivity contribution < 1.29 is 4.79 Å². The number of nitrogens with zero attached hydrogens (tertiary/aromatic N) is 2. The fourth-order valence-corrected chi connectivity index (χ4v) is 3.86. The molecule has 0 spiro atoms. The number of thioether (sulfide) groups is 1. The third kappa shape index (κ3) is 2.76. The molecule has 7 heteroatoms. The second-order valence-electron chi connectivity index (χ2n) is 5.55. The van der Waals surface area contributed by atoms with Crippen LogP contribution in [0.2, 0.25) is 0 Å². The molecule has 2 aliphatic rings. The number of primary amides is 1. The summed E-state index contributed by atoms with van der Waals surface area (Å²) < 4.78 is 0. The Morgan fingerprint density at radius 3 is 2.89 bits per heavy atom. The molecule has 1 amide bonds. The maximum atomic E-state index is 11.8. The number of carbonyl (C=O) groups is 1. The lowest BCUT2D eigenvalue weighted by Gasteiger charge is -2.27. The highest BCUT2D eigenvalue weighted by Crippen LogP contribution is 2.40. The molecule has 3 rings (SSSR count). The van der Waals surface area contributed by atoms with Crippen molar-refractivity contribution in [3.63, 3.8) is 0 Å². The van der Waals surface area contributed by atoms with Crippen LogP contribution in [0.1, 0.15) is 37.9 Å². The first kappa shape index (κ1) is 12.9. The summed E-state index contributed by atoms with van der Waals surface area (Å²) in [7, 11) is 0. The van der Waals surface area contributed by atoms with E-state index in [1.807, 2.05) is 6.92 Å². The smallest absolute Gasteiger partial charge is 0.237 e. The predicted octanol–water partition coefficient (Wildman–Crippen LogP) is 0.734. The average Bonchev–Trinajstić information content (AvgIpc) is 2.92. The van der Waals surface area contributed by atoms with E-state index in [-0.39, 0.29) is 5.91 Å². The zero-order valence-corrected chi connectivity index (χ0v) is 11.8. The zero-order valence-electron chi connectivity index (χ0n) is 11.0. The molecule has 2 fully saturated rings. The molecule has 19 heavy (non-hydrogen) atoms. The normalized spacial score (nSPS) is 30.7. The first-order valence-electron chi connectivity index (χ1n) is 6.71. The van der Waals surface area contributed by atoms with Crippen LogP contribution in [-0.2, 0) is 4.79 Å². The van der Waals surface area contributed by atoms with Crippen molar-refractivity contribution in [1.29, 1.82) is 0 Å². The Hall–Kier alpha value is -1.08. The molecule has 2 aliphatic carbocycles. The SMILES string of the molecule is Cc1nc(SC2CCC(NC3CC3)(C(N)=O)C2)n[nH]1. The molecule has 104 valence electrons. The van der Waals surface area contributed by atoms with Crippen molar-refractivity contribution in [2.45, 2.75) is 61.0 Å². The van der Waals surface area contributed by atoms with Crippen molar-refractivity contribution in [1.82, 2.24) is 20.5 Å². The number of aromatic nitrogens is 3. The molecule has 1 aromatic heterocycles. The molecule has 2 atom stereocenters. The van der Waals surface area contributed by atoms with Crippen LogP contribution in [0.15, 0.2) is 5.16 Å². The standard InChI is InChI=1S/C12H19N5OS/c1-7-14-11(17-16-7)19-9-4-5-12(6-9,10(13)18)15-8-2-3-8/h8-9,15H,2-6H2,1H3,(H2,13,18)(H,14,16,17). The molecule has 1 heterocycles. The molecule has 0 aromatic carbocycles. The fourth-order valence-electron chi connectivity index (χ4n) is 2.67. The summed E-state index contributed by atoms with van der Waals surface area (Å²) in [6.07, 6.45) is 4.89. The number of nitrogens with one attached hydrogen (secondary N) is 2. The molecule has 1 aromatic rings. The molecule has 0 bridgehead atoms. The first-order chi connectivity index (χ1) is 9.07. The predicted molar refractivity (Wildman–Crippen MR) is 72.7 cm³/mol. The van der Waals surface area contributed by atoms with Crippen molar-refractivity contribution in [2.75, 3.05) is 0 Å². The van der Waals surface area contributed by atoms with Crippen LogP contribution in [0.5, 0.6) is 0 Å². The maximum Gasteiger partial charge on any atom is 0.237 e. The van der Waals surface area contributed by atoms with Gasteiger partial charge in [0.05, 0.1) is 5.54 Å². The van der Waals surface area contributed by atoms with Gasteiger partial charge in [0, 0.05) is 11.3 Å². The lowest BCUT2D eigenvalue weighted by atomic mass is 9.96. The quantitative estimate of drug-likeness (QED) is 0.739. The van der Waals surface area contributed by atoms with Crippen LogP contribution in [0.3, 0.4) is 0 Å². The van der Waals surface area contributed by atoms with Gasteiger partial charge in [-0.05, 0) is 39.0 Å². The zero-order chi connectivity index (χ0) is 13.5. The van der Waals surface area contributed by atoms with Crippen LogP contribution in [-0.4, -0.2) is 37.9 Å². The number of carbonyl (C=O) groups excluding carboxylic acids is 1. The minimum absolute atomic E-state index is 0.214. The van der Waals surface area contributed by atoms with Gasteiger partial charge in [-0.1, -0.05) is 11.8 Å². The van der Waals surface area contributed by atoms with Gasteiger partial charge < -0.3 is 11.1 Å². The Kier molecular flexibility index (Phi) is 3.26. The number of hydrogen-bond donors (Lipinski definition) is 3. The van der Waals surface area contributed by atoms with Crippen molar-refractivity contribution in [3.05, 3.63) is 5.82 Å². The van der Waals surface area contributed by atoms with Gasteiger partial charge >= 0.3 is 0 Å². The fraction of sp³-hybridized carbons (Fsp3) is 0.750. The summed E-state index contributed by atoms with van der Waals surface area (Å²) >= 11 is 1.64. The van der Waals surface area contributed by atoms with Crippen LogP contribution >= 0.6 is 11.8 Å². The number of H-pyrrole nitrogens is 1.